The van der Waals surface area contributed by atoms with Crippen molar-refractivity contribution in [3.63, 3.8) is 0 Å². The standard InChI is InChI=1S/C61H95N3O43/c65-9-20-29(75)30(76)38(84)54(93-20)64-53(92)18(7-16-1-3-17(72)4-2-16)63-28(74)6-5-27(73)62-8-19-46-31(77)39(85)55(94-19)102-47-21(10-66)96-57(41(87)33(47)79)104-49-23(12-68)98-59(43(89)35(49)81)106-51-25(14-70)100-61(45(91)37(51)83)107-52-26(15-71)99-60(44(90)36(52)82)105-50-24(13-69)97-58(42(88)34(50)80)103-48-22(11-67)95-56(101-46)40(86)32(48)78/h1-4,18-26,29-52,54-61,65-72,75-91H,5-15H2,(H,62,73)(H,63,74)(H,64,92)/t18-,19+,20+,21+,22+,23+,24+,25+,26+,29+,30-,31+,32+,33+,34+,35+,36+,37+,38-,39+,40+,41+,42+,43+,44+,45+,46+,47+,48+,49+,50+,51+,52+,54+,55+,56+,57+,58+,59+,60+,61+/m0/s1. The van der Waals surface area contributed by atoms with Crippen molar-refractivity contribution in [1.82, 2.24) is 16.0 Å². The van der Waals surface area contributed by atoms with Crippen LogP contribution in [0.25, 0.3) is 0 Å². The zero-order chi connectivity index (χ0) is 77.9. The van der Waals surface area contributed by atoms with Gasteiger partial charge in [-0.1, -0.05) is 12.1 Å². The normalized spacial score (nSPS) is 47.6. The monoisotopic (exact) mass is 1560 g/mol. The molecule has 612 valence electrons. The number of hydrogen-bond donors (Lipinski definition) is 28. The predicted molar refractivity (Wildman–Crippen MR) is 329 cm³/mol. The van der Waals surface area contributed by atoms with Crippen molar-refractivity contribution in [3.05, 3.63) is 29.8 Å². The summed E-state index contributed by atoms with van der Waals surface area (Å²) in [6.45, 7) is -8.51. The van der Waals surface area contributed by atoms with Crippen LogP contribution in [0.1, 0.15) is 18.4 Å². The highest BCUT2D eigenvalue weighted by Gasteiger charge is 2.60. The minimum atomic E-state index is -2.40. The molecule has 46 heteroatoms. The summed E-state index contributed by atoms with van der Waals surface area (Å²) >= 11 is 0. The Hall–Kier alpha value is -4.13. The van der Waals surface area contributed by atoms with Gasteiger partial charge in [-0.15, -0.1) is 0 Å². The van der Waals surface area contributed by atoms with Gasteiger partial charge in [-0.2, -0.15) is 0 Å². The summed E-state index contributed by atoms with van der Waals surface area (Å²) in [6, 6.07) is 3.75. The van der Waals surface area contributed by atoms with E-state index in [2.05, 4.69) is 16.0 Å². The Balaban J connectivity index is 0.902. The second kappa shape index (κ2) is 37.2. The van der Waals surface area contributed by atoms with E-state index in [0.29, 0.717) is 5.56 Å². The highest BCUT2D eigenvalue weighted by atomic mass is 16.8. The van der Waals surface area contributed by atoms with Crippen molar-refractivity contribution in [1.29, 1.82) is 0 Å². The summed E-state index contributed by atoms with van der Waals surface area (Å²) in [6.07, 6.45) is -85.1. The van der Waals surface area contributed by atoms with E-state index >= 15 is 0 Å². The molecule has 0 spiro atoms. The molecule has 0 radical (unpaired) electrons. The predicted octanol–water partition coefficient (Wildman–Crippen LogP) is -18.0. The number of carbonyl (C=O) groups is 3. The van der Waals surface area contributed by atoms with Crippen molar-refractivity contribution < 1.29 is 213 Å². The first-order valence-corrected chi connectivity index (χ1v) is 34.2. The first-order valence-electron chi connectivity index (χ1n) is 34.2. The lowest BCUT2D eigenvalue weighted by atomic mass is 9.95. The molecule has 0 aromatic heterocycles. The average Bonchev–Trinajstić information content (AvgIpc) is 0.800. The molecule has 22 saturated heterocycles. The van der Waals surface area contributed by atoms with Crippen LogP contribution in [-0.2, 0) is 91.9 Å². The van der Waals surface area contributed by atoms with Crippen molar-refractivity contribution >= 4 is 17.7 Å². The van der Waals surface area contributed by atoms with Gasteiger partial charge < -0.3 is 215 Å². The van der Waals surface area contributed by atoms with Gasteiger partial charge >= 0.3 is 0 Å². The van der Waals surface area contributed by atoms with Crippen LogP contribution in [0.3, 0.4) is 0 Å². The van der Waals surface area contributed by atoms with E-state index in [1.54, 1.807) is 0 Å². The van der Waals surface area contributed by atoms with Crippen molar-refractivity contribution in [2.24, 2.45) is 0 Å². The maximum Gasteiger partial charge on any atom is 0.244 e. The van der Waals surface area contributed by atoms with Gasteiger partial charge in [0.2, 0.25) is 17.7 Å². The van der Waals surface area contributed by atoms with Crippen LogP contribution in [0.15, 0.2) is 24.3 Å². The number of benzene rings is 1. The Morgan fingerprint density at radius 2 is 0.579 bits per heavy atom. The van der Waals surface area contributed by atoms with Gasteiger partial charge in [-0.25, -0.2) is 0 Å². The van der Waals surface area contributed by atoms with E-state index in [1.165, 1.54) is 24.3 Å². The number of hydrogen-bond acceptors (Lipinski definition) is 43. The SMILES string of the molecule is O=C(CCC(=O)N[C@@H](Cc1ccc(O)cc1)C(=O)N[C@@H]1O[C@H](CO)[C@@H](O)[C@H](O)[C@@H]1O)NC[C@H]1O[C@@H]2O[C@H]3[C@H](O)[C@@H](O)[C@@H](O[C@H]4[C@H](O)[C@@H](O)[C@@H](O[C@H]5[C@H](O)[C@@H](O)[C@@H](O[C@H]6[C@H](O)[C@@H](O)[C@@H](O[C@H]7[C@H](O)[C@@H](O)[C@@H](O[C@H]8[C@H](O)[C@@H](O)[C@@H](O[C@H]1[C@H](O)[C@H]2O)O[C@@H]8CO)O[C@@H]7CO)O[C@@H]6CO)O[C@@H]5CO)O[C@@H]4CO)O[C@@H]3CO. The van der Waals surface area contributed by atoms with E-state index in [9.17, 15) is 142 Å². The second-order valence-corrected chi connectivity index (χ2v) is 27.0. The topological polar surface area (TPSA) is 732 Å². The van der Waals surface area contributed by atoms with Gasteiger partial charge in [0.1, 0.15) is 207 Å². The van der Waals surface area contributed by atoms with Crippen LogP contribution >= 0.6 is 0 Å². The number of phenolic OH excluding ortho intramolecular Hbond substituents is 1. The van der Waals surface area contributed by atoms with Crippen molar-refractivity contribution in [2.45, 2.75) is 271 Å². The number of ether oxygens (including phenoxy) is 15. The maximum atomic E-state index is 13.8. The molecular formula is C61H95N3O43. The van der Waals surface area contributed by atoms with Gasteiger partial charge in [0.25, 0.3) is 0 Å². The quantitative estimate of drug-likeness (QED) is 0.0689. The van der Waals surface area contributed by atoms with E-state index in [4.69, 9.17) is 71.1 Å². The number of rotatable bonds is 17. The van der Waals surface area contributed by atoms with Gasteiger partial charge in [-0.05, 0) is 17.7 Å². The fourth-order valence-electron chi connectivity index (χ4n) is 13.8. The van der Waals surface area contributed by atoms with Gasteiger partial charge in [-0.3, -0.25) is 14.4 Å². The Kier molecular flexibility index (Phi) is 29.7. The Labute approximate surface area is 604 Å². The van der Waals surface area contributed by atoms with Gasteiger partial charge in [0, 0.05) is 25.8 Å². The third-order valence-electron chi connectivity index (χ3n) is 19.9. The lowest BCUT2D eigenvalue weighted by Crippen LogP contribution is -2.68. The molecule has 41 atom stereocenters. The molecule has 28 N–H and O–H groups in total. The van der Waals surface area contributed by atoms with E-state index < -0.39 is 335 Å². The minimum Gasteiger partial charge on any atom is -0.508 e. The molecule has 0 saturated carbocycles. The largest absolute Gasteiger partial charge is 0.508 e. The van der Waals surface area contributed by atoms with Crippen LogP contribution in [-0.4, -0.2) is 450 Å². The van der Waals surface area contributed by atoms with Crippen LogP contribution in [0, 0.1) is 0 Å². The number of aromatic hydroxyl groups is 1. The number of carbonyl (C=O) groups excluding carboxylic acids is 3. The van der Waals surface area contributed by atoms with Crippen LogP contribution < -0.4 is 16.0 Å². The molecular weight excluding hydrogens is 1460 g/mol. The fourth-order valence-corrected chi connectivity index (χ4v) is 13.8. The number of aliphatic hydroxyl groups is 24. The van der Waals surface area contributed by atoms with Crippen LogP contribution in [0.5, 0.6) is 5.75 Å². The molecule has 107 heavy (non-hydrogen) atoms. The number of phenols is 1. The van der Waals surface area contributed by atoms with E-state index in [1.807, 2.05) is 0 Å². The third-order valence-corrected chi connectivity index (χ3v) is 19.9. The third kappa shape index (κ3) is 18.6. The Morgan fingerprint density at radius 3 is 0.869 bits per heavy atom. The number of nitrogens with one attached hydrogen (secondary N) is 3. The molecule has 46 nitrogen and oxygen atoms in total. The zero-order valence-corrected chi connectivity index (χ0v) is 56.3. The first-order chi connectivity index (χ1) is 50.9. The molecule has 14 bridgehead atoms. The summed E-state index contributed by atoms with van der Waals surface area (Å²) in [5, 5.41) is 283. The molecule has 3 amide bonds. The Morgan fingerprint density at radius 1 is 0.308 bits per heavy atom. The Bertz CT molecular complexity index is 2960. The average molecular weight is 1560 g/mol. The van der Waals surface area contributed by atoms with Gasteiger partial charge in [0.15, 0.2) is 50.3 Å². The highest BCUT2D eigenvalue weighted by Crippen LogP contribution is 2.39. The van der Waals surface area contributed by atoms with Crippen molar-refractivity contribution in [3.8, 4) is 5.75 Å². The maximum absolute atomic E-state index is 13.8. The molecule has 0 unspecified atom stereocenters. The van der Waals surface area contributed by atoms with Crippen molar-refractivity contribution in [2.75, 3.05) is 52.8 Å². The highest BCUT2D eigenvalue weighted by molar-refractivity contribution is 5.89. The smallest absolute Gasteiger partial charge is 0.244 e. The lowest BCUT2D eigenvalue weighted by molar-refractivity contribution is -0.396. The molecule has 22 heterocycles. The second-order valence-electron chi connectivity index (χ2n) is 27.0. The summed E-state index contributed by atoms with van der Waals surface area (Å²) in [5.41, 5.74) is 0.348. The molecule has 1 aromatic carbocycles. The fraction of sp³-hybridized carbons (Fsp3) is 0.852. The summed E-state index contributed by atoms with van der Waals surface area (Å²) < 4.78 is 86.5. The van der Waals surface area contributed by atoms with Crippen LogP contribution in [0.4, 0.5) is 0 Å². The van der Waals surface area contributed by atoms with Gasteiger partial charge in [0.05, 0.1) is 46.2 Å². The molecule has 23 rings (SSSR count). The zero-order valence-electron chi connectivity index (χ0n) is 56.3. The van der Waals surface area contributed by atoms with Crippen LogP contribution in [0.2, 0.25) is 0 Å². The lowest BCUT2D eigenvalue weighted by Gasteiger charge is -2.50. The van der Waals surface area contributed by atoms with E-state index in [0.717, 1.165) is 0 Å². The first kappa shape index (κ1) is 85.3. The molecule has 22 fully saturated rings. The summed E-state index contributed by atoms with van der Waals surface area (Å²) in [7, 11) is 0. The minimum absolute atomic E-state index is 0.168. The molecule has 1 aromatic rings. The molecule has 22 aliphatic heterocycles. The molecule has 0 aliphatic carbocycles. The van der Waals surface area contributed by atoms with E-state index in [-0.39, 0.29) is 12.2 Å². The summed E-state index contributed by atoms with van der Waals surface area (Å²) in [5.74, 6) is -3.22. The number of aliphatic hydroxyl groups excluding tert-OH is 24. The summed E-state index contributed by atoms with van der Waals surface area (Å²) in [4.78, 5) is 41.2. The molecule has 22 aliphatic rings. The number of amides is 3.